The number of sulfone groups is 1. The fraction of sp³-hybridized carbons (Fsp3) is 0.130. The van der Waals surface area contributed by atoms with Gasteiger partial charge in [0.05, 0.1) is 15.5 Å². The van der Waals surface area contributed by atoms with Crippen molar-refractivity contribution in [2.75, 3.05) is 13.3 Å². The van der Waals surface area contributed by atoms with Gasteiger partial charge in [0.2, 0.25) is 0 Å². The lowest BCUT2D eigenvalue weighted by Crippen LogP contribution is -2.22. The Morgan fingerprint density at radius 3 is 2.49 bits per heavy atom. The van der Waals surface area contributed by atoms with Crippen LogP contribution in [0, 0.1) is 0 Å². The molecular formula is C23H18F3N3O4S2. The minimum atomic E-state index is -4.71. The zero-order chi connectivity index (χ0) is 25.4. The van der Waals surface area contributed by atoms with Crippen molar-refractivity contribution >= 4 is 27.3 Å². The molecule has 1 amide bonds. The smallest absolute Gasteiger partial charge is 0.408 e. The van der Waals surface area contributed by atoms with Crippen LogP contribution in [0.1, 0.15) is 5.69 Å². The second-order valence-corrected chi connectivity index (χ2v) is 10.4. The average molecular weight is 522 g/mol. The molecule has 12 heteroatoms. The molecule has 0 aliphatic rings. The number of halogens is 3. The Bertz CT molecular complexity index is 1510. The van der Waals surface area contributed by atoms with Crippen LogP contribution in [-0.4, -0.2) is 37.6 Å². The zero-order valence-corrected chi connectivity index (χ0v) is 20.0. The van der Waals surface area contributed by atoms with Crippen LogP contribution in [0.3, 0.4) is 0 Å². The molecule has 4 rings (SSSR count). The fourth-order valence-electron chi connectivity index (χ4n) is 3.28. The number of ether oxygens (including phenoxy) is 1. The van der Waals surface area contributed by atoms with Gasteiger partial charge in [0.25, 0.3) is 0 Å². The summed E-state index contributed by atoms with van der Waals surface area (Å²) in [5.74, 6) is 0.0163. The predicted molar refractivity (Wildman–Crippen MR) is 126 cm³/mol. The standard InChI is InChI=1S/C23H18F3N3O4S2/c1-27-22(30)33-19-9-4-3-8-17(19)29-18(12-21(28-29)23(24,25)26)20-11-15(13-34-20)14-6-5-7-16(10-14)35(2,31)32/h3-13H,1-2H3,(H,27,30). The van der Waals surface area contributed by atoms with Gasteiger partial charge in [-0.3, -0.25) is 0 Å². The minimum absolute atomic E-state index is 0.0163. The van der Waals surface area contributed by atoms with Crippen LogP contribution in [0.2, 0.25) is 0 Å². The van der Waals surface area contributed by atoms with Crippen LogP contribution in [0.4, 0.5) is 18.0 Å². The number of rotatable bonds is 5. The number of carbonyl (C=O) groups excluding carboxylic acids is 1. The summed E-state index contributed by atoms with van der Waals surface area (Å²) in [5.41, 5.74) is 0.375. The number of aromatic nitrogens is 2. The van der Waals surface area contributed by atoms with Crippen LogP contribution in [-0.2, 0) is 16.0 Å². The summed E-state index contributed by atoms with van der Waals surface area (Å²) < 4.78 is 70.9. The van der Waals surface area contributed by atoms with Crippen LogP contribution < -0.4 is 10.1 Å². The number of thiophene rings is 1. The molecule has 1 N–H and O–H groups in total. The van der Waals surface area contributed by atoms with Crippen molar-refractivity contribution in [2.24, 2.45) is 0 Å². The van der Waals surface area contributed by atoms with Crippen molar-refractivity contribution in [3.63, 3.8) is 0 Å². The van der Waals surface area contributed by atoms with Crippen LogP contribution in [0.15, 0.2) is 70.9 Å². The van der Waals surface area contributed by atoms with Crippen LogP contribution in [0.5, 0.6) is 5.75 Å². The first kappa shape index (κ1) is 24.5. The molecule has 0 bridgehead atoms. The number of amides is 1. The Hall–Kier alpha value is -3.64. The van der Waals surface area contributed by atoms with E-state index in [1.165, 1.54) is 42.6 Å². The molecule has 35 heavy (non-hydrogen) atoms. The molecular weight excluding hydrogens is 503 g/mol. The monoisotopic (exact) mass is 521 g/mol. The SMILES string of the molecule is CNC(=O)Oc1ccccc1-n1nc(C(F)(F)F)cc1-c1cc(-c2cccc(S(C)(=O)=O)c2)cs1. The molecule has 2 heterocycles. The second-order valence-electron chi connectivity index (χ2n) is 7.43. The summed E-state index contributed by atoms with van der Waals surface area (Å²) in [7, 11) is -2.07. The Morgan fingerprint density at radius 1 is 1.06 bits per heavy atom. The summed E-state index contributed by atoms with van der Waals surface area (Å²) in [6.45, 7) is 0. The second kappa shape index (κ2) is 9.19. The summed E-state index contributed by atoms with van der Waals surface area (Å²) >= 11 is 1.17. The highest BCUT2D eigenvalue weighted by Crippen LogP contribution is 2.39. The van der Waals surface area contributed by atoms with Crippen molar-refractivity contribution in [1.29, 1.82) is 0 Å². The number of carbonyl (C=O) groups is 1. The topological polar surface area (TPSA) is 90.3 Å². The molecule has 0 unspecified atom stereocenters. The van der Waals surface area contributed by atoms with Gasteiger partial charge in [-0.25, -0.2) is 17.9 Å². The van der Waals surface area contributed by atoms with Crippen molar-refractivity contribution in [2.45, 2.75) is 11.1 Å². The lowest BCUT2D eigenvalue weighted by molar-refractivity contribution is -0.141. The number of para-hydroxylation sites is 2. The first-order valence-corrected chi connectivity index (χ1v) is 12.8. The number of hydrogen-bond acceptors (Lipinski definition) is 6. The molecule has 2 aromatic heterocycles. The van der Waals surface area contributed by atoms with E-state index in [1.807, 2.05) is 0 Å². The van der Waals surface area contributed by atoms with E-state index in [1.54, 1.807) is 35.7 Å². The van der Waals surface area contributed by atoms with Crippen LogP contribution in [0.25, 0.3) is 27.4 Å². The van der Waals surface area contributed by atoms with E-state index in [-0.39, 0.29) is 22.0 Å². The highest BCUT2D eigenvalue weighted by molar-refractivity contribution is 7.90. The quantitative estimate of drug-likeness (QED) is 0.379. The Balaban J connectivity index is 1.84. The number of nitrogens with one attached hydrogen (secondary N) is 1. The van der Waals surface area contributed by atoms with Gasteiger partial charge >= 0.3 is 12.3 Å². The van der Waals surface area contributed by atoms with Gasteiger partial charge < -0.3 is 10.1 Å². The maximum Gasteiger partial charge on any atom is 0.435 e. The molecule has 0 radical (unpaired) electrons. The van der Waals surface area contributed by atoms with Gasteiger partial charge in [-0.15, -0.1) is 11.3 Å². The molecule has 0 saturated heterocycles. The van der Waals surface area contributed by atoms with Crippen molar-refractivity contribution in [3.05, 3.63) is 71.7 Å². The van der Waals surface area contributed by atoms with E-state index in [0.717, 1.165) is 17.0 Å². The minimum Gasteiger partial charge on any atom is -0.408 e. The number of benzene rings is 2. The molecule has 0 spiro atoms. The Labute approximate surface area is 202 Å². The van der Waals surface area contributed by atoms with Gasteiger partial charge in [0, 0.05) is 13.3 Å². The summed E-state index contributed by atoms with van der Waals surface area (Å²) in [6.07, 6.45) is -4.40. The van der Waals surface area contributed by atoms with E-state index in [4.69, 9.17) is 4.74 Å². The molecule has 0 fully saturated rings. The number of alkyl halides is 3. The van der Waals surface area contributed by atoms with Crippen molar-refractivity contribution in [3.8, 4) is 33.1 Å². The van der Waals surface area contributed by atoms with Gasteiger partial charge in [-0.1, -0.05) is 24.3 Å². The van der Waals surface area contributed by atoms with E-state index >= 15 is 0 Å². The molecule has 0 aliphatic carbocycles. The maximum atomic E-state index is 13.6. The fourth-order valence-corrected chi connectivity index (χ4v) is 4.86. The molecule has 7 nitrogen and oxygen atoms in total. The lowest BCUT2D eigenvalue weighted by atomic mass is 10.1. The van der Waals surface area contributed by atoms with E-state index < -0.39 is 27.8 Å². The Kier molecular flexibility index (Phi) is 6.43. The summed E-state index contributed by atoms with van der Waals surface area (Å²) in [6, 6.07) is 15.0. The molecule has 0 aliphatic heterocycles. The normalized spacial score (nSPS) is 11.9. The van der Waals surface area contributed by atoms with Gasteiger partial charge in [0.15, 0.2) is 21.3 Å². The molecule has 4 aromatic rings. The predicted octanol–water partition coefficient (Wildman–Crippen LogP) is 5.41. The number of hydrogen-bond donors (Lipinski definition) is 1. The van der Waals surface area contributed by atoms with E-state index in [2.05, 4.69) is 10.4 Å². The highest BCUT2D eigenvalue weighted by atomic mass is 32.2. The molecule has 0 atom stereocenters. The first-order valence-electron chi connectivity index (χ1n) is 10.0. The number of nitrogens with zero attached hydrogens (tertiary/aromatic N) is 2. The Morgan fingerprint density at radius 2 is 1.80 bits per heavy atom. The molecule has 2 aromatic carbocycles. The summed E-state index contributed by atoms with van der Waals surface area (Å²) in [5, 5.41) is 7.77. The average Bonchev–Trinajstić information content (AvgIpc) is 3.46. The third-order valence-corrected chi connectivity index (χ3v) is 7.01. The lowest BCUT2D eigenvalue weighted by Gasteiger charge is -2.12. The van der Waals surface area contributed by atoms with Gasteiger partial charge in [-0.2, -0.15) is 18.3 Å². The summed E-state index contributed by atoms with van der Waals surface area (Å²) in [4.78, 5) is 12.3. The van der Waals surface area contributed by atoms with Gasteiger partial charge in [0.1, 0.15) is 5.69 Å². The maximum absolute atomic E-state index is 13.6. The first-order chi connectivity index (χ1) is 16.5. The van der Waals surface area contributed by atoms with Crippen molar-refractivity contribution < 1.29 is 31.1 Å². The largest absolute Gasteiger partial charge is 0.435 e. The van der Waals surface area contributed by atoms with E-state index in [0.29, 0.717) is 16.0 Å². The van der Waals surface area contributed by atoms with E-state index in [9.17, 15) is 26.4 Å². The molecule has 0 saturated carbocycles. The van der Waals surface area contributed by atoms with Gasteiger partial charge in [-0.05, 0) is 52.9 Å². The third-order valence-electron chi connectivity index (χ3n) is 4.95. The van der Waals surface area contributed by atoms with Crippen LogP contribution >= 0.6 is 11.3 Å². The zero-order valence-electron chi connectivity index (χ0n) is 18.3. The molecule has 182 valence electrons. The highest BCUT2D eigenvalue weighted by Gasteiger charge is 2.36. The third kappa shape index (κ3) is 5.23. The van der Waals surface area contributed by atoms with Crippen molar-refractivity contribution in [1.82, 2.24) is 15.1 Å².